The van der Waals surface area contributed by atoms with Crippen LogP contribution in [0.4, 0.5) is 0 Å². The largest absolute Gasteiger partial charge is 0.344 e. The zero-order valence-electron chi connectivity index (χ0n) is 12.3. The van der Waals surface area contributed by atoms with Crippen LogP contribution in [0.1, 0.15) is 52.9 Å². The van der Waals surface area contributed by atoms with Gasteiger partial charge in [-0.3, -0.25) is 9.59 Å². The van der Waals surface area contributed by atoms with E-state index in [0.29, 0.717) is 24.9 Å². The molecule has 4 unspecified atom stereocenters. The van der Waals surface area contributed by atoms with Crippen LogP contribution >= 0.6 is 0 Å². The summed E-state index contributed by atoms with van der Waals surface area (Å²) in [4.78, 5) is 26.5. The van der Waals surface area contributed by atoms with Gasteiger partial charge in [0, 0.05) is 19.0 Å². The van der Waals surface area contributed by atoms with E-state index in [9.17, 15) is 9.59 Å². The number of amides is 2. The lowest BCUT2D eigenvalue weighted by molar-refractivity contribution is -0.137. The summed E-state index contributed by atoms with van der Waals surface area (Å²) in [5, 5.41) is 2.92. The Balaban J connectivity index is 2.18. The predicted octanol–water partition coefficient (Wildman–Crippen LogP) is 1.94. The molecule has 0 aromatic heterocycles. The zero-order valence-corrected chi connectivity index (χ0v) is 12.3. The molecule has 0 bridgehead atoms. The maximum absolute atomic E-state index is 12.7. The van der Waals surface area contributed by atoms with Gasteiger partial charge in [-0.05, 0) is 24.7 Å². The number of nitrogens with zero attached hydrogens (tertiary/aromatic N) is 1. The quantitative estimate of drug-likeness (QED) is 0.848. The highest BCUT2D eigenvalue weighted by Crippen LogP contribution is 2.31. The number of hydrogen-bond donors (Lipinski definition) is 1. The molecule has 108 valence electrons. The first kappa shape index (κ1) is 14.4. The van der Waals surface area contributed by atoms with Crippen molar-refractivity contribution in [1.29, 1.82) is 0 Å². The number of nitrogens with one attached hydrogen (secondary N) is 1. The Morgan fingerprint density at radius 3 is 2.68 bits per heavy atom. The first-order valence-corrected chi connectivity index (χ1v) is 7.64. The van der Waals surface area contributed by atoms with Crippen LogP contribution in [0, 0.1) is 11.8 Å². The first-order valence-electron chi connectivity index (χ1n) is 7.64. The summed E-state index contributed by atoms with van der Waals surface area (Å²) in [5.74, 6) is 0.925. The standard InChI is InChI=1S/C15H26N2O2/c1-4-10(2)14-15(19)17(9-8-13(18)16-14)12-7-5-6-11(12)3/h10-12,14H,4-9H2,1-3H3,(H,16,18). The number of carbonyl (C=O) groups excluding carboxylic acids is 2. The highest BCUT2D eigenvalue weighted by molar-refractivity contribution is 5.90. The highest BCUT2D eigenvalue weighted by Gasteiger charge is 2.39. The molecule has 1 saturated carbocycles. The van der Waals surface area contributed by atoms with Gasteiger partial charge in [-0.15, -0.1) is 0 Å². The van der Waals surface area contributed by atoms with E-state index in [0.717, 1.165) is 12.8 Å². The van der Waals surface area contributed by atoms with Crippen LogP contribution in [0.3, 0.4) is 0 Å². The molecule has 2 fully saturated rings. The number of rotatable bonds is 3. The van der Waals surface area contributed by atoms with E-state index in [4.69, 9.17) is 0 Å². The second kappa shape index (κ2) is 5.93. The summed E-state index contributed by atoms with van der Waals surface area (Å²) >= 11 is 0. The molecule has 0 spiro atoms. The predicted molar refractivity (Wildman–Crippen MR) is 74.5 cm³/mol. The van der Waals surface area contributed by atoms with Crippen molar-refractivity contribution < 1.29 is 9.59 Å². The summed E-state index contributed by atoms with van der Waals surface area (Å²) in [6, 6.07) is 0.0135. The maximum atomic E-state index is 12.7. The van der Waals surface area contributed by atoms with Crippen molar-refractivity contribution in [3.05, 3.63) is 0 Å². The lowest BCUT2D eigenvalue weighted by atomic mass is 9.96. The molecule has 0 radical (unpaired) electrons. The van der Waals surface area contributed by atoms with Crippen molar-refractivity contribution in [3.8, 4) is 0 Å². The van der Waals surface area contributed by atoms with E-state index in [1.54, 1.807) is 0 Å². The summed E-state index contributed by atoms with van der Waals surface area (Å²) in [6.45, 7) is 6.93. The first-order chi connectivity index (χ1) is 9.04. The fourth-order valence-corrected chi connectivity index (χ4v) is 3.36. The van der Waals surface area contributed by atoms with E-state index < -0.39 is 0 Å². The lowest BCUT2D eigenvalue weighted by Crippen LogP contribution is -2.51. The van der Waals surface area contributed by atoms with E-state index in [-0.39, 0.29) is 23.8 Å². The molecule has 4 atom stereocenters. The van der Waals surface area contributed by atoms with Gasteiger partial charge in [0.2, 0.25) is 11.8 Å². The summed E-state index contributed by atoms with van der Waals surface area (Å²) in [5.41, 5.74) is 0. The second-order valence-electron chi connectivity index (χ2n) is 6.19. The van der Waals surface area contributed by atoms with E-state index in [1.807, 2.05) is 11.8 Å². The topological polar surface area (TPSA) is 49.4 Å². The molecule has 4 heteroatoms. The van der Waals surface area contributed by atoms with Crippen LogP contribution in [-0.2, 0) is 9.59 Å². The SMILES string of the molecule is CCC(C)C1NC(=O)CCN(C2CCCC2C)C1=O. The van der Waals surface area contributed by atoms with Gasteiger partial charge in [-0.2, -0.15) is 0 Å². The Bertz CT molecular complexity index is 356. The Morgan fingerprint density at radius 2 is 2.11 bits per heavy atom. The molecule has 1 N–H and O–H groups in total. The molecule has 2 rings (SSSR count). The van der Waals surface area contributed by atoms with Crippen LogP contribution < -0.4 is 5.32 Å². The second-order valence-corrected chi connectivity index (χ2v) is 6.19. The molecular formula is C15H26N2O2. The molecule has 1 heterocycles. The van der Waals surface area contributed by atoms with E-state index in [1.165, 1.54) is 12.8 Å². The summed E-state index contributed by atoms with van der Waals surface area (Å²) in [6.07, 6.45) is 4.84. The third-order valence-electron chi connectivity index (χ3n) is 4.87. The Kier molecular flexibility index (Phi) is 4.48. The minimum absolute atomic E-state index is 0.0202. The third kappa shape index (κ3) is 2.93. The monoisotopic (exact) mass is 266 g/mol. The fraction of sp³-hybridized carbons (Fsp3) is 0.867. The minimum Gasteiger partial charge on any atom is -0.344 e. The minimum atomic E-state index is -0.326. The van der Waals surface area contributed by atoms with Gasteiger partial charge >= 0.3 is 0 Å². The fourth-order valence-electron chi connectivity index (χ4n) is 3.36. The molecule has 1 aliphatic heterocycles. The van der Waals surface area contributed by atoms with Crippen molar-refractivity contribution in [2.75, 3.05) is 6.54 Å². The van der Waals surface area contributed by atoms with Gasteiger partial charge in [-0.1, -0.05) is 33.6 Å². The molecular weight excluding hydrogens is 240 g/mol. The summed E-state index contributed by atoms with van der Waals surface area (Å²) in [7, 11) is 0. The van der Waals surface area contributed by atoms with Crippen molar-refractivity contribution in [2.45, 2.75) is 65.0 Å². The van der Waals surface area contributed by atoms with Crippen LogP contribution in [0.25, 0.3) is 0 Å². The van der Waals surface area contributed by atoms with Crippen LogP contribution in [0.5, 0.6) is 0 Å². The molecule has 4 nitrogen and oxygen atoms in total. The molecule has 0 aromatic rings. The zero-order chi connectivity index (χ0) is 14.0. The normalized spacial score (nSPS) is 34.1. The summed E-state index contributed by atoms with van der Waals surface area (Å²) < 4.78 is 0. The van der Waals surface area contributed by atoms with Crippen LogP contribution in [0.15, 0.2) is 0 Å². The Morgan fingerprint density at radius 1 is 1.37 bits per heavy atom. The van der Waals surface area contributed by atoms with Gasteiger partial charge in [0.15, 0.2) is 0 Å². The lowest BCUT2D eigenvalue weighted by Gasteiger charge is -2.33. The molecule has 0 aromatic carbocycles. The molecule has 2 amide bonds. The van der Waals surface area contributed by atoms with E-state index >= 15 is 0 Å². The van der Waals surface area contributed by atoms with Crippen LogP contribution in [-0.4, -0.2) is 35.3 Å². The van der Waals surface area contributed by atoms with Crippen molar-refractivity contribution in [3.63, 3.8) is 0 Å². The van der Waals surface area contributed by atoms with Gasteiger partial charge in [0.25, 0.3) is 0 Å². The van der Waals surface area contributed by atoms with Crippen LogP contribution in [0.2, 0.25) is 0 Å². The van der Waals surface area contributed by atoms with Gasteiger partial charge in [0.1, 0.15) is 6.04 Å². The van der Waals surface area contributed by atoms with Gasteiger partial charge in [0.05, 0.1) is 0 Å². The van der Waals surface area contributed by atoms with Crippen molar-refractivity contribution in [1.82, 2.24) is 10.2 Å². The number of hydrogen-bond acceptors (Lipinski definition) is 2. The highest BCUT2D eigenvalue weighted by atomic mass is 16.2. The molecule has 1 saturated heterocycles. The maximum Gasteiger partial charge on any atom is 0.245 e. The number of carbonyl (C=O) groups is 2. The van der Waals surface area contributed by atoms with Gasteiger partial charge < -0.3 is 10.2 Å². The Hall–Kier alpha value is -1.06. The molecule has 2 aliphatic rings. The Labute approximate surface area is 115 Å². The molecule has 19 heavy (non-hydrogen) atoms. The van der Waals surface area contributed by atoms with Crippen molar-refractivity contribution in [2.24, 2.45) is 11.8 Å². The average Bonchev–Trinajstić information content (AvgIpc) is 2.75. The third-order valence-corrected chi connectivity index (χ3v) is 4.87. The smallest absolute Gasteiger partial charge is 0.245 e. The average molecular weight is 266 g/mol. The van der Waals surface area contributed by atoms with Gasteiger partial charge in [-0.25, -0.2) is 0 Å². The molecule has 1 aliphatic carbocycles. The van der Waals surface area contributed by atoms with E-state index in [2.05, 4.69) is 19.2 Å². The van der Waals surface area contributed by atoms with Crippen molar-refractivity contribution >= 4 is 11.8 Å².